The summed E-state index contributed by atoms with van der Waals surface area (Å²) >= 11 is 0. The minimum atomic E-state index is 0.0334. The molecule has 0 aliphatic rings. The molecule has 0 saturated carbocycles. The standard InChI is InChI=1S/C19H26N2/c1-5-21(17-8-6-7-14(2)12-17)13-19(20)18-10-9-15(3)11-16(18)4/h6-12,19H,5,13,20H2,1-4H3. The number of benzene rings is 2. The molecule has 0 fully saturated rings. The van der Waals surface area contributed by atoms with E-state index in [1.54, 1.807) is 0 Å². The molecule has 2 aromatic carbocycles. The predicted octanol–water partition coefficient (Wildman–Crippen LogP) is 4.14. The lowest BCUT2D eigenvalue weighted by Gasteiger charge is -2.27. The average molecular weight is 282 g/mol. The maximum atomic E-state index is 6.46. The normalized spacial score (nSPS) is 12.2. The summed E-state index contributed by atoms with van der Waals surface area (Å²) < 4.78 is 0. The first-order valence-corrected chi connectivity index (χ1v) is 7.65. The van der Waals surface area contributed by atoms with E-state index in [1.807, 2.05) is 0 Å². The van der Waals surface area contributed by atoms with E-state index < -0.39 is 0 Å². The summed E-state index contributed by atoms with van der Waals surface area (Å²) in [5, 5.41) is 0. The molecule has 0 aromatic heterocycles. The topological polar surface area (TPSA) is 29.3 Å². The van der Waals surface area contributed by atoms with Crippen molar-refractivity contribution in [1.82, 2.24) is 0 Å². The van der Waals surface area contributed by atoms with E-state index in [9.17, 15) is 0 Å². The highest BCUT2D eigenvalue weighted by atomic mass is 15.1. The lowest BCUT2D eigenvalue weighted by molar-refractivity contribution is 0.673. The molecule has 0 heterocycles. The number of hydrogen-bond donors (Lipinski definition) is 1. The smallest absolute Gasteiger partial charge is 0.0475 e. The van der Waals surface area contributed by atoms with Gasteiger partial charge >= 0.3 is 0 Å². The van der Waals surface area contributed by atoms with Gasteiger partial charge in [0, 0.05) is 24.8 Å². The first kappa shape index (κ1) is 15.6. The Bertz CT molecular complexity index is 604. The lowest BCUT2D eigenvalue weighted by Crippen LogP contribution is -2.32. The minimum Gasteiger partial charge on any atom is -0.370 e. The Balaban J connectivity index is 2.18. The number of rotatable bonds is 5. The van der Waals surface area contributed by atoms with Crippen molar-refractivity contribution >= 4 is 5.69 Å². The SMILES string of the molecule is CCN(CC(N)c1ccc(C)cc1C)c1cccc(C)c1. The van der Waals surface area contributed by atoms with Gasteiger partial charge in [0.25, 0.3) is 0 Å². The van der Waals surface area contributed by atoms with Crippen LogP contribution < -0.4 is 10.6 Å². The van der Waals surface area contributed by atoms with Crippen LogP contribution in [0.3, 0.4) is 0 Å². The Morgan fingerprint density at radius 2 is 1.71 bits per heavy atom. The summed E-state index contributed by atoms with van der Waals surface area (Å²) in [6.07, 6.45) is 0. The Labute approximate surface area is 128 Å². The Hall–Kier alpha value is -1.80. The summed E-state index contributed by atoms with van der Waals surface area (Å²) in [4.78, 5) is 2.34. The number of nitrogens with two attached hydrogens (primary N) is 1. The zero-order chi connectivity index (χ0) is 15.4. The van der Waals surface area contributed by atoms with E-state index in [1.165, 1.54) is 27.9 Å². The molecule has 0 amide bonds. The summed E-state index contributed by atoms with van der Waals surface area (Å²) in [6.45, 7) is 10.4. The second kappa shape index (κ2) is 6.77. The maximum Gasteiger partial charge on any atom is 0.0475 e. The highest BCUT2D eigenvalue weighted by Gasteiger charge is 2.14. The van der Waals surface area contributed by atoms with Crippen molar-refractivity contribution in [2.75, 3.05) is 18.0 Å². The summed E-state index contributed by atoms with van der Waals surface area (Å²) in [5.41, 5.74) is 12.8. The van der Waals surface area contributed by atoms with Gasteiger partial charge in [0.15, 0.2) is 0 Å². The molecule has 21 heavy (non-hydrogen) atoms. The molecule has 2 N–H and O–H groups in total. The van der Waals surface area contributed by atoms with Gasteiger partial charge in [-0.1, -0.05) is 35.9 Å². The fraction of sp³-hybridized carbons (Fsp3) is 0.368. The van der Waals surface area contributed by atoms with E-state index in [4.69, 9.17) is 5.73 Å². The maximum absolute atomic E-state index is 6.46. The Morgan fingerprint density at radius 3 is 2.33 bits per heavy atom. The third kappa shape index (κ3) is 3.85. The van der Waals surface area contributed by atoms with Crippen LogP contribution in [0.1, 0.15) is 35.2 Å². The van der Waals surface area contributed by atoms with Gasteiger partial charge in [0.05, 0.1) is 0 Å². The monoisotopic (exact) mass is 282 g/mol. The molecule has 0 saturated heterocycles. The van der Waals surface area contributed by atoms with Crippen LogP contribution in [0.25, 0.3) is 0 Å². The highest BCUT2D eigenvalue weighted by molar-refractivity contribution is 5.49. The van der Waals surface area contributed by atoms with Crippen LogP contribution in [-0.2, 0) is 0 Å². The van der Waals surface area contributed by atoms with E-state index in [2.05, 4.69) is 75.1 Å². The Kier molecular flexibility index (Phi) is 5.03. The largest absolute Gasteiger partial charge is 0.370 e. The third-order valence-corrected chi connectivity index (χ3v) is 3.99. The molecule has 1 unspecified atom stereocenters. The second-order valence-corrected chi connectivity index (χ2v) is 5.84. The molecule has 1 atom stereocenters. The molecule has 0 bridgehead atoms. The molecule has 2 rings (SSSR count). The first-order chi connectivity index (χ1) is 10.0. The lowest BCUT2D eigenvalue weighted by atomic mass is 9.99. The van der Waals surface area contributed by atoms with Gasteiger partial charge in [-0.2, -0.15) is 0 Å². The summed E-state index contributed by atoms with van der Waals surface area (Å²) in [6, 6.07) is 15.2. The van der Waals surface area contributed by atoms with E-state index in [0.29, 0.717) is 0 Å². The van der Waals surface area contributed by atoms with Gasteiger partial charge in [-0.25, -0.2) is 0 Å². The second-order valence-electron chi connectivity index (χ2n) is 5.84. The Morgan fingerprint density at radius 1 is 1.00 bits per heavy atom. The van der Waals surface area contributed by atoms with E-state index in [-0.39, 0.29) is 6.04 Å². The van der Waals surface area contributed by atoms with Gasteiger partial charge in [0.2, 0.25) is 0 Å². The van der Waals surface area contributed by atoms with E-state index in [0.717, 1.165) is 13.1 Å². The summed E-state index contributed by atoms with van der Waals surface area (Å²) in [5.74, 6) is 0. The summed E-state index contributed by atoms with van der Waals surface area (Å²) in [7, 11) is 0. The molecule has 2 heteroatoms. The van der Waals surface area contributed by atoms with Crippen LogP contribution in [0, 0.1) is 20.8 Å². The fourth-order valence-corrected chi connectivity index (χ4v) is 2.82. The minimum absolute atomic E-state index is 0.0334. The van der Waals surface area contributed by atoms with Gasteiger partial charge in [-0.3, -0.25) is 0 Å². The molecule has 2 aromatic rings. The van der Waals surface area contributed by atoms with Crippen molar-refractivity contribution in [1.29, 1.82) is 0 Å². The van der Waals surface area contributed by atoms with Crippen LogP contribution in [0.5, 0.6) is 0 Å². The molecule has 0 aliphatic heterocycles. The molecular weight excluding hydrogens is 256 g/mol. The van der Waals surface area contributed by atoms with Crippen LogP contribution in [0.15, 0.2) is 42.5 Å². The number of aryl methyl sites for hydroxylation is 3. The molecule has 0 spiro atoms. The van der Waals surface area contributed by atoms with E-state index >= 15 is 0 Å². The van der Waals surface area contributed by atoms with Crippen molar-refractivity contribution in [3.8, 4) is 0 Å². The van der Waals surface area contributed by atoms with Crippen LogP contribution in [-0.4, -0.2) is 13.1 Å². The first-order valence-electron chi connectivity index (χ1n) is 7.65. The number of likely N-dealkylation sites (N-methyl/N-ethyl adjacent to an activating group) is 1. The molecule has 112 valence electrons. The van der Waals surface area contributed by atoms with Gasteiger partial charge in [-0.05, 0) is 56.5 Å². The van der Waals surface area contributed by atoms with Crippen LogP contribution in [0.4, 0.5) is 5.69 Å². The molecular formula is C19H26N2. The van der Waals surface area contributed by atoms with Crippen molar-refractivity contribution < 1.29 is 0 Å². The predicted molar refractivity (Wildman–Crippen MR) is 91.9 cm³/mol. The average Bonchev–Trinajstić information content (AvgIpc) is 2.44. The van der Waals surface area contributed by atoms with Gasteiger partial charge in [-0.15, -0.1) is 0 Å². The number of hydrogen-bond acceptors (Lipinski definition) is 2. The third-order valence-electron chi connectivity index (χ3n) is 3.99. The van der Waals surface area contributed by atoms with Crippen LogP contribution >= 0.6 is 0 Å². The van der Waals surface area contributed by atoms with Gasteiger partial charge in [0.1, 0.15) is 0 Å². The number of nitrogens with zero attached hydrogens (tertiary/aromatic N) is 1. The molecule has 0 aliphatic carbocycles. The fourth-order valence-electron chi connectivity index (χ4n) is 2.82. The quantitative estimate of drug-likeness (QED) is 0.893. The van der Waals surface area contributed by atoms with Crippen molar-refractivity contribution in [3.05, 3.63) is 64.7 Å². The van der Waals surface area contributed by atoms with Crippen molar-refractivity contribution in [2.24, 2.45) is 5.73 Å². The van der Waals surface area contributed by atoms with Gasteiger partial charge < -0.3 is 10.6 Å². The molecule has 0 radical (unpaired) electrons. The van der Waals surface area contributed by atoms with Crippen molar-refractivity contribution in [2.45, 2.75) is 33.7 Å². The highest BCUT2D eigenvalue weighted by Crippen LogP contribution is 2.22. The number of anilines is 1. The zero-order valence-corrected chi connectivity index (χ0v) is 13.6. The molecule has 2 nitrogen and oxygen atoms in total. The van der Waals surface area contributed by atoms with Crippen LogP contribution in [0.2, 0.25) is 0 Å². The van der Waals surface area contributed by atoms with Crippen molar-refractivity contribution in [3.63, 3.8) is 0 Å². The zero-order valence-electron chi connectivity index (χ0n) is 13.6.